The molecule has 0 atom stereocenters. The Bertz CT molecular complexity index is 40.0. The van der Waals surface area contributed by atoms with Crippen LogP contribution in [0, 0.1) is 14.8 Å². The highest BCUT2D eigenvalue weighted by Crippen LogP contribution is 1.47. The van der Waals surface area contributed by atoms with Gasteiger partial charge in [-0.25, -0.2) is 0 Å². The van der Waals surface area contributed by atoms with Gasteiger partial charge in [0.25, 0.3) is 0 Å². The minimum absolute atomic E-state index is 1.09. The molecule has 0 rings (SSSR count). The first-order valence-corrected chi connectivity index (χ1v) is 4.60. The summed E-state index contributed by atoms with van der Waals surface area (Å²) < 4.78 is 24.3. The lowest BCUT2D eigenvalue weighted by Gasteiger charge is -1.86. The predicted molar refractivity (Wildman–Crippen MR) is 26.4 cm³/mol. The average molecular weight is 202 g/mol. The van der Waals surface area contributed by atoms with Crippen molar-refractivity contribution < 1.29 is 27.4 Å². The summed E-state index contributed by atoms with van der Waals surface area (Å²) in [6.45, 7) is 6.39. The Morgan fingerprint density at radius 3 is 1.56 bits per heavy atom. The molecule has 0 aliphatic heterocycles. The maximum Gasteiger partial charge on any atom is 0.433 e. The van der Waals surface area contributed by atoms with E-state index in [1.165, 1.54) is 0 Å². The van der Waals surface area contributed by atoms with E-state index in [1.54, 1.807) is 0 Å². The largest absolute Gasteiger partial charge is 0.433 e. The summed E-state index contributed by atoms with van der Waals surface area (Å²) in [5.41, 5.74) is 0. The summed E-state index contributed by atoms with van der Waals surface area (Å²) in [6, 6.07) is 0. The van der Waals surface area contributed by atoms with Crippen LogP contribution < -0.4 is 13.7 Å². The highest BCUT2D eigenvalue weighted by molar-refractivity contribution is 4.27. The van der Waals surface area contributed by atoms with E-state index in [1.807, 2.05) is 0 Å². The van der Waals surface area contributed by atoms with Crippen molar-refractivity contribution in [2.45, 2.75) is 13.8 Å². The van der Waals surface area contributed by atoms with Crippen molar-refractivity contribution in [1.29, 1.82) is 0 Å². The van der Waals surface area contributed by atoms with E-state index >= 15 is 0 Å². The Balaban J connectivity index is 0. The SMILES string of the molecule is CCNCC.[O-][Br+2]([O-])O. The first-order chi connectivity index (χ1) is 4.15. The van der Waals surface area contributed by atoms with Gasteiger partial charge in [0.05, 0.1) is 0 Å². The molecule has 0 bridgehead atoms. The highest BCUT2D eigenvalue weighted by Gasteiger charge is 1.86. The van der Waals surface area contributed by atoms with Gasteiger partial charge in [0.15, 0.2) is 0 Å². The minimum Gasteiger partial charge on any atom is -0.372 e. The van der Waals surface area contributed by atoms with Crippen molar-refractivity contribution in [1.82, 2.24) is 5.32 Å². The highest BCUT2D eigenvalue weighted by atomic mass is 80.0. The Hall–Kier alpha value is 0.320. The monoisotopic (exact) mass is 201 g/mol. The lowest BCUT2D eigenvalue weighted by molar-refractivity contribution is -1.63. The third-order valence-electron chi connectivity index (χ3n) is 0.500. The lowest BCUT2D eigenvalue weighted by atomic mass is 10.7. The molecule has 9 heavy (non-hydrogen) atoms. The molecular weight excluding hydrogens is 190 g/mol. The summed E-state index contributed by atoms with van der Waals surface area (Å²) in [5.74, 6) is 0. The van der Waals surface area contributed by atoms with Crippen LogP contribution in [0.4, 0.5) is 0 Å². The fraction of sp³-hybridized carbons (Fsp3) is 1.00. The van der Waals surface area contributed by atoms with Crippen LogP contribution in [0.5, 0.6) is 0 Å². The van der Waals surface area contributed by atoms with Crippen LogP contribution in [-0.2, 0) is 0 Å². The maximum absolute atomic E-state index is 8.63. The van der Waals surface area contributed by atoms with E-state index in [4.69, 9.17) is 12.6 Å². The van der Waals surface area contributed by atoms with Gasteiger partial charge in [0.2, 0.25) is 0 Å². The third kappa shape index (κ3) is 61.7. The van der Waals surface area contributed by atoms with Crippen LogP contribution >= 0.6 is 0 Å². The van der Waals surface area contributed by atoms with Gasteiger partial charge in [0.1, 0.15) is 0 Å². The van der Waals surface area contributed by atoms with E-state index in [0.29, 0.717) is 0 Å². The van der Waals surface area contributed by atoms with Crippen molar-refractivity contribution in [3.05, 3.63) is 0 Å². The molecule has 0 spiro atoms. The van der Waals surface area contributed by atoms with Crippen molar-refractivity contribution in [2.75, 3.05) is 13.1 Å². The van der Waals surface area contributed by atoms with Crippen LogP contribution in [0.2, 0.25) is 0 Å². The molecular formula is C4H12BrNO3. The van der Waals surface area contributed by atoms with Crippen LogP contribution in [-0.4, -0.2) is 17.3 Å². The topological polar surface area (TPSA) is 78.4 Å². The zero-order chi connectivity index (χ0) is 7.70. The molecule has 0 heterocycles. The van der Waals surface area contributed by atoms with Crippen LogP contribution in [0.1, 0.15) is 13.8 Å². The molecule has 0 unspecified atom stereocenters. The third-order valence-corrected chi connectivity index (χ3v) is 0.500. The molecule has 0 saturated carbocycles. The van der Waals surface area contributed by atoms with Crippen molar-refractivity contribution in [2.24, 2.45) is 0 Å². The standard InChI is InChI=1S/C4H11N.BrHO3/c1-3-5-4-2;2-1(3)4/h5H,3-4H2,1-2H3;2H. The molecule has 0 aliphatic carbocycles. The van der Waals surface area contributed by atoms with Crippen molar-refractivity contribution >= 4 is 0 Å². The molecule has 0 aliphatic rings. The Morgan fingerprint density at radius 2 is 1.56 bits per heavy atom. The van der Waals surface area contributed by atoms with Gasteiger partial charge in [-0.15, -0.1) is 0 Å². The summed E-state index contributed by atoms with van der Waals surface area (Å²) in [6.07, 6.45) is 0. The Morgan fingerprint density at radius 1 is 1.33 bits per heavy atom. The average Bonchev–Trinajstić information content (AvgIpc) is 1.66. The fourth-order valence-corrected chi connectivity index (χ4v) is 0.250. The predicted octanol–water partition coefficient (Wildman–Crippen LogP) is -2.32. The Kier molecular flexibility index (Phi) is 14.9. The molecule has 0 aromatic carbocycles. The van der Waals surface area contributed by atoms with E-state index in [-0.39, 0.29) is 0 Å². The van der Waals surface area contributed by atoms with E-state index < -0.39 is 14.8 Å². The maximum atomic E-state index is 8.63. The molecule has 0 aromatic heterocycles. The number of hydrogen-bond acceptors (Lipinski definition) is 4. The van der Waals surface area contributed by atoms with Gasteiger partial charge in [0, 0.05) is 0 Å². The molecule has 0 radical (unpaired) electrons. The zero-order valence-corrected chi connectivity index (χ0v) is 7.14. The molecule has 2 N–H and O–H groups in total. The van der Waals surface area contributed by atoms with E-state index in [9.17, 15) is 0 Å². The first kappa shape index (κ1) is 12.0. The number of nitrogens with one attached hydrogen (secondary N) is 1. The minimum atomic E-state index is -3.40. The normalized spacial score (nSPS) is 8.67. The number of halogens is 1. The van der Waals surface area contributed by atoms with Gasteiger partial charge in [-0.2, -0.15) is 0 Å². The van der Waals surface area contributed by atoms with Crippen LogP contribution in [0.3, 0.4) is 0 Å². The van der Waals surface area contributed by atoms with E-state index in [0.717, 1.165) is 13.1 Å². The number of hydrogen-bond donors (Lipinski definition) is 2. The molecule has 4 nitrogen and oxygen atoms in total. The molecule has 58 valence electrons. The smallest absolute Gasteiger partial charge is 0.372 e. The lowest BCUT2D eigenvalue weighted by Crippen LogP contribution is -2.30. The molecule has 0 amide bonds. The van der Waals surface area contributed by atoms with Gasteiger partial charge in [-0.3, -0.25) is 0 Å². The Labute approximate surface area is 60.3 Å². The summed E-state index contributed by atoms with van der Waals surface area (Å²) in [5, 5.41) is 3.11. The van der Waals surface area contributed by atoms with Gasteiger partial charge in [-0.1, -0.05) is 13.8 Å². The van der Waals surface area contributed by atoms with Crippen molar-refractivity contribution in [3.8, 4) is 0 Å². The summed E-state index contributed by atoms with van der Waals surface area (Å²) in [7, 11) is 0. The molecule has 5 heteroatoms. The van der Waals surface area contributed by atoms with Gasteiger partial charge < -0.3 is 13.7 Å². The second kappa shape index (κ2) is 11.2. The van der Waals surface area contributed by atoms with Gasteiger partial charge in [-0.05, 0) is 17.3 Å². The van der Waals surface area contributed by atoms with Crippen molar-refractivity contribution in [3.63, 3.8) is 0 Å². The van der Waals surface area contributed by atoms with Gasteiger partial charge >= 0.3 is 14.8 Å². The first-order valence-electron chi connectivity index (χ1n) is 2.60. The summed E-state index contributed by atoms with van der Waals surface area (Å²) in [4.78, 5) is 0. The molecule has 0 fully saturated rings. The summed E-state index contributed by atoms with van der Waals surface area (Å²) >= 11 is -3.40. The second-order valence-electron chi connectivity index (χ2n) is 1.16. The zero-order valence-electron chi connectivity index (χ0n) is 5.56. The molecule has 0 aromatic rings. The van der Waals surface area contributed by atoms with Crippen LogP contribution in [0.25, 0.3) is 0 Å². The number of rotatable bonds is 2. The second-order valence-corrected chi connectivity index (χ2v) is 2.00. The van der Waals surface area contributed by atoms with E-state index in [2.05, 4.69) is 19.2 Å². The fourth-order valence-electron chi connectivity index (χ4n) is 0.250. The quantitative estimate of drug-likeness (QED) is 0.527. The molecule has 0 saturated heterocycles. The van der Waals surface area contributed by atoms with Crippen LogP contribution in [0.15, 0.2) is 0 Å².